The van der Waals surface area contributed by atoms with Crippen LogP contribution in [0, 0.1) is 18.8 Å². The highest BCUT2D eigenvalue weighted by molar-refractivity contribution is 6.40. The van der Waals surface area contributed by atoms with Gasteiger partial charge in [0.1, 0.15) is 5.54 Å². The molecule has 0 bridgehead atoms. The van der Waals surface area contributed by atoms with Crippen LogP contribution in [-0.4, -0.2) is 33.8 Å². The molecule has 0 aliphatic carbocycles. The summed E-state index contributed by atoms with van der Waals surface area (Å²) in [6, 6.07) is 8.66. The van der Waals surface area contributed by atoms with Crippen molar-refractivity contribution in [3.8, 4) is 0 Å². The number of aryl methyl sites for hydroxylation is 2. The zero-order chi connectivity index (χ0) is 22.4. The van der Waals surface area contributed by atoms with Crippen LogP contribution in [0.2, 0.25) is 6.32 Å². The first kappa shape index (κ1) is 27.6. The number of unbranched alkanes of at least 4 members (excludes halogenated alkanes) is 1. The number of rotatable bonds is 12. The molecule has 0 radical (unpaired) electrons. The fraction of sp³-hybridized carbons (Fsp3) is 0.696. The molecule has 0 fully saturated rings. The van der Waals surface area contributed by atoms with E-state index in [1.165, 1.54) is 11.1 Å². The molecule has 0 aliphatic rings. The Morgan fingerprint density at radius 3 is 2.10 bits per heavy atom. The summed E-state index contributed by atoms with van der Waals surface area (Å²) in [7, 11) is -1.32. The highest BCUT2D eigenvalue weighted by Gasteiger charge is 2.40. The highest BCUT2D eigenvalue weighted by Crippen LogP contribution is 2.30. The van der Waals surface area contributed by atoms with Crippen molar-refractivity contribution in [2.75, 3.05) is 0 Å². The van der Waals surface area contributed by atoms with E-state index in [1.807, 2.05) is 6.92 Å². The summed E-state index contributed by atoms with van der Waals surface area (Å²) in [6.07, 6.45) is 5.49. The van der Waals surface area contributed by atoms with Crippen molar-refractivity contribution in [3.63, 3.8) is 0 Å². The van der Waals surface area contributed by atoms with E-state index in [0.29, 0.717) is 25.2 Å². The Bertz CT molecular complexity index is 563. The molecule has 0 heterocycles. The third kappa shape index (κ3) is 11.4. The monoisotopic (exact) mass is 407 g/mol. The van der Waals surface area contributed by atoms with Gasteiger partial charge in [0.2, 0.25) is 0 Å². The van der Waals surface area contributed by atoms with Crippen molar-refractivity contribution in [2.45, 2.75) is 91.4 Å². The first-order valence-corrected chi connectivity index (χ1v) is 11.0. The summed E-state index contributed by atoms with van der Waals surface area (Å²) in [4.78, 5) is 11.6. The van der Waals surface area contributed by atoms with Gasteiger partial charge < -0.3 is 20.9 Å². The third-order valence-corrected chi connectivity index (χ3v) is 5.54. The Kier molecular flexibility index (Phi) is 13.9. The topological polar surface area (TPSA) is 104 Å². The molecule has 5 N–H and O–H groups in total. The van der Waals surface area contributed by atoms with Crippen molar-refractivity contribution in [3.05, 3.63) is 35.4 Å². The number of hydrogen-bond acceptors (Lipinski definition) is 4. The second-order valence-electron chi connectivity index (χ2n) is 8.49. The maximum absolute atomic E-state index is 11.6. The number of carbonyl (C=O) groups is 1. The van der Waals surface area contributed by atoms with E-state index in [-0.39, 0.29) is 12.2 Å². The van der Waals surface area contributed by atoms with Gasteiger partial charge in [-0.05, 0) is 49.9 Å². The van der Waals surface area contributed by atoms with Gasteiger partial charge in [-0.1, -0.05) is 83.2 Å². The van der Waals surface area contributed by atoms with Gasteiger partial charge >= 0.3 is 13.1 Å². The largest absolute Gasteiger partial charge is 0.480 e. The molecule has 1 aromatic carbocycles. The lowest BCUT2D eigenvalue weighted by Gasteiger charge is -2.34. The van der Waals surface area contributed by atoms with Crippen LogP contribution in [0.3, 0.4) is 0 Å². The second kappa shape index (κ2) is 14.6. The van der Waals surface area contributed by atoms with Crippen LogP contribution in [0.4, 0.5) is 0 Å². The first-order chi connectivity index (χ1) is 13.6. The Labute approximate surface area is 177 Å². The van der Waals surface area contributed by atoms with Gasteiger partial charge in [-0.25, -0.2) is 0 Å². The van der Waals surface area contributed by atoms with Gasteiger partial charge in [-0.3, -0.25) is 4.79 Å². The summed E-state index contributed by atoms with van der Waals surface area (Å²) in [5.41, 5.74) is 7.73. The molecule has 2 atom stereocenters. The van der Waals surface area contributed by atoms with Crippen LogP contribution in [-0.2, 0) is 11.2 Å². The zero-order valence-electron chi connectivity index (χ0n) is 19.0. The van der Waals surface area contributed by atoms with Crippen LogP contribution < -0.4 is 5.73 Å². The number of benzene rings is 1. The molecule has 0 spiro atoms. The molecular formula is C23H42BNO4. The molecular weight excluding hydrogens is 365 g/mol. The van der Waals surface area contributed by atoms with Crippen molar-refractivity contribution in [2.24, 2.45) is 17.6 Å². The smallest absolute Gasteiger partial charge is 0.451 e. The molecule has 1 aromatic rings. The molecule has 0 saturated heterocycles. The zero-order valence-corrected chi connectivity index (χ0v) is 19.0. The molecule has 29 heavy (non-hydrogen) atoms. The van der Waals surface area contributed by atoms with Crippen LogP contribution in [0.15, 0.2) is 24.3 Å². The minimum atomic E-state index is -1.32. The fourth-order valence-corrected chi connectivity index (χ4v) is 3.41. The van der Waals surface area contributed by atoms with Crippen molar-refractivity contribution < 1.29 is 19.9 Å². The number of hydrogen-bond donors (Lipinski definition) is 4. The number of nitrogens with two attached hydrogens (primary N) is 1. The average molecular weight is 407 g/mol. The van der Waals surface area contributed by atoms with Crippen LogP contribution in [0.25, 0.3) is 0 Å². The molecule has 0 aliphatic heterocycles. The first-order valence-electron chi connectivity index (χ1n) is 11.0. The number of aliphatic carboxylic acids is 1. The van der Waals surface area contributed by atoms with E-state index >= 15 is 0 Å². The van der Waals surface area contributed by atoms with E-state index in [4.69, 9.17) is 15.8 Å². The number of carboxylic acid groups (broad SMARTS) is 1. The van der Waals surface area contributed by atoms with E-state index in [1.54, 1.807) is 0 Å². The van der Waals surface area contributed by atoms with Gasteiger partial charge in [0.25, 0.3) is 0 Å². The highest BCUT2D eigenvalue weighted by atomic mass is 16.4. The summed E-state index contributed by atoms with van der Waals surface area (Å²) in [5, 5.41) is 27.1. The molecule has 5 nitrogen and oxygen atoms in total. The minimum absolute atomic E-state index is 0.0403. The van der Waals surface area contributed by atoms with Crippen molar-refractivity contribution >= 4 is 13.1 Å². The second-order valence-corrected chi connectivity index (χ2v) is 8.49. The molecule has 1 rings (SSSR count). The molecule has 166 valence electrons. The summed E-state index contributed by atoms with van der Waals surface area (Å²) < 4.78 is 0. The molecule has 0 saturated carbocycles. The van der Waals surface area contributed by atoms with E-state index in [0.717, 1.165) is 25.7 Å². The quantitative estimate of drug-likeness (QED) is 0.303. The predicted octanol–water partition coefficient (Wildman–Crippen LogP) is 4.43. The normalized spacial score (nSPS) is 14.0. The van der Waals surface area contributed by atoms with Gasteiger partial charge in [0, 0.05) is 0 Å². The molecule has 0 amide bonds. The fourth-order valence-electron chi connectivity index (χ4n) is 3.41. The maximum Gasteiger partial charge on any atom is 0.451 e. The lowest BCUT2D eigenvalue weighted by atomic mass is 9.74. The third-order valence-electron chi connectivity index (χ3n) is 5.54. The molecule has 0 aromatic heterocycles. The van der Waals surface area contributed by atoms with Gasteiger partial charge in [-0.15, -0.1) is 0 Å². The van der Waals surface area contributed by atoms with Gasteiger partial charge in [0.05, 0.1) is 0 Å². The number of carboxylic acids is 1. The summed E-state index contributed by atoms with van der Waals surface area (Å²) >= 11 is 0. The lowest BCUT2D eigenvalue weighted by molar-refractivity contribution is -0.146. The van der Waals surface area contributed by atoms with Gasteiger partial charge in [0.15, 0.2) is 0 Å². The van der Waals surface area contributed by atoms with E-state index in [2.05, 4.69) is 52.0 Å². The van der Waals surface area contributed by atoms with Crippen LogP contribution in [0.5, 0.6) is 0 Å². The van der Waals surface area contributed by atoms with Gasteiger partial charge in [-0.2, -0.15) is 0 Å². The standard InChI is InChI=1S/C14H30BNO4.C9H12/c1-4-12(8-7-11(2)3)14(16,13(17)18)9-5-6-10-15(19)20;1-3-9-6-4-8(2)5-7-9/h11-12,19-20H,4-10,16H2,1-3H3,(H,17,18);4-7H,3H2,1-2H3. The van der Waals surface area contributed by atoms with Crippen LogP contribution >= 0.6 is 0 Å². The lowest BCUT2D eigenvalue weighted by Crippen LogP contribution is -2.54. The predicted molar refractivity (Wildman–Crippen MR) is 122 cm³/mol. The SMILES string of the molecule is CCC(CCC(C)C)C(N)(CCCCB(O)O)C(=O)O.CCc1ccc(C)cc1. The Hall–Kier alpha value is -1.37. The minimum Gasteiger partial charge on any atom is -0.480 e. The van der Waals surface area contributed by atoms with E-state index < -0.39 is 18.6 Å². The average Bonchev–Trinajstić information content (AvgIpc) is 2.66. The van der Waals surface area contributed by atoms with E-state index in [9.17, 15) is 9.90 Å². The Morgan fingerprint density at radius 1 is 1.10 bits per heavy atom. The Morgan fingerprint density at radius 2 is 1.69 bits per heavy atom. The van der Waals surface area contributed by atoms with Crippen LogP contribution in [0.1, 0.15) is 77.3 Å². The van der Waals surface area contributed by atoms with Crippen molar-refractivity contribution in [1.29, 1.82) is 0 Å². The maximum atomic E-state index is 11.6. The summed E-state index contributed by atoms with van der Waals surface area (Å²) in [5.74, 6) is -0.453. The van der Waals surface area contributed by atoms with Crippen molar-refractivity contribution in [1.82, 2.24) is 0 Å². The molecule has 6 heteroatoms. The Balaban J connectivity index is 0.000000717. The molecule has 2 unspecified atom stereocenters. The summed E-state index contributed by atoms with van der Waals surface area (Å²) in [6.45, 7) is 10.5.